The predicted octanol–water partition coefficient (Wildman–Crippen LogP) is 2.85. The first-order valence-electron chi connectivity index (χ1n) is 5.93. The van der Waals surface area contributed by atoms with Gasteiger partial charge in [-0.05, 0) is 36.4 Å². The Kier molecular flexibility index (Phi) is 5.88. The van der Waals surface area contributed by atoms with E-state index in [1.807, 2.05) is 0 Å². The zero-order chi connectivity index (χ0) is 18.0. The molecule has 12 heteroatoms. The van der Waals surface area contributed by atoms with Crippen LogP contribution in [0.25, 0.3) is 0 Å². The average Bonchev–Trinajstić information content (AvgIpc) is 2.52. The molecule has 0 aliphatic rings. The molecular formula is C12H9ClO8S3. The second-order valence-electron chi connectivity index (χ2n) is 4.27. The van der Waals surface area contributed by atoms with Gasteiger partial charge in [0.2, 0.25) is 9.84 Å². The molecule has 8 nitrogen and oxygen atoms in total. The highest BCUT2D eigenvalue weighted by molar-refractivity contribution is 7.94. The minimum Gasteiger partial charge on any atom is -0.282 e. The Morgan fingerprint density at radius 3 is 2.29 bits per heavy atom. The first-order valence-corrected chi connectivity index (χ1v) is 9.97. The summed E-state index contributed by atoms with van der Waals surface area (Å²) >= 11 is 6.23. The summed E-state index contributed by atoms with van der Waals surface area (Å²) in [6.45, 7) is 0. The van der Waals surface area contributed by atoms with Gasteiger partial charge in [-0.15, -0.1) is 4.33 Å². The number of sulfone groups is 1. The molecule has 0 unspecified atom stereocenters. The van der Waals surface area contributed by atoms with Crippen LogP contribution in [-0.2, 0) is 29.3 Å². The molecule has 0 aliphatic carbocycles. The molecule has 0 bridgehead atoms. The average molecular weight is 413 g/mol. The van der Waals surface area contributed by atoms with Gasteiger partial charge in [0.25, 0.3) is 10.1 Å². The third-order valence-corrected chi connectivity index (χ3v) is 6.43. The lowest BCUT2D eigenvalue weighted by Gasteiger charge is -2.08. The first kappa shape index (κ1) is 19.1. The Hall–Kier alpha value is -1.18. The third-order valence-electron chi connectivity index (χ3n) is 2.77. The minimum absolute atomic E-state index is 0.169. The van der Waals surface area contributed by atoms with Gasteiger partial charge >= 0.3 is 0 Å². The van der Waals surface area contributed by atoms with Gasteiger partial charge in [0, 0.05) is 4.90 Å². The summed E-state index contributed by atoms with van der Waals surface area (Å²) in [6, 6.07) is 8.34. The maximum absolute atomic E-state index is 12.6. The summed E-state index contributed by atoms with van der Waals surface area (Å²) in [5.41, 5.74) is 0. The highest BCUT2D eigenvalue weighted by atomic mass is 35.5. The maximum Gasteiger partial charge on any atom is 0.296 e. The SMILES string of the molecule is O=S(=O)(O)c1cc(S(=O)(=O)c2cccc(SOOO)c2)ccc1Cl. The monoisotopic (exact) mass is 412 g/mol. The topological polar surface area (TPSA) is 127 Å². The lowest BCUT2D eigenvalue weighted by molar-refractivity contribution is -0.432. The molecule has 0 saturated carbocycles. The van der Waals surface area contributed by atoms with Crippen molar-refractivity contribution in [2.24, 2.45) is 0 Å². The van der Waals surface area contributed by atoms with Gasteiger partial charge < -0.3 is 0 Å². The van der Waals surface area contributed by atoms with E-state index in [-0.39, 0.29) is 14.8 Å². The van der Waals surface area contributed by atoms with Gasteiger partial charge in [0.15, 0.2) is 0 Å². The summed E-state index contributed by atoms with van der Waals surface area (Å²) in [4.78, 5) is -0.958. The van der Waals surface area contributed by atoms with E-state index < -0.39 is 24.9 Å². The van der Waals surface area contributed by atoms with E-state index in [2.05, 4.69) is 9.37 Å². The van der Waals surface area contributed by atoms with Gasteiger partial charge in [-0.2, -0.15) is 8.42 Å². The van der Waals surface area contributed by atoms with Crippen LogP contribution in [0, 0.1) is 0 Å². The van der Waals surface area contributed by atoms with Gasteiger partial charge in [0.1, 0.15) is 4.90 Å². The van der Waals surface area contributed by atoms with Crippen molar-refractivity contribution in [1.29, 1.82) is 0 Å². The van der Waals surface area contributed by atoms with Crippen LogP contribution in [0.5, 0.6) is 0 Å². The molecule has 2 N–H and O–H groups in total. The normalized spacial score (nSPS) is 12.3. The molecule has 0 fully saturated rings. The first-order chi connectivity index (χ1) is 11.2. The molecule has 0 amide bonds. The molecule has 2 rings (SSSR count). The van der Waals surface area contributed by atoms with Crippen LogP contribution in [0.15, 0.2) is 62.0 Å². The second kappa shape index (κ2) is 7.37. The van der Waals surface area contributed by atoms with Crippen LogP contribution < -0.4 is 0 Å². The minimum atomic E-state index is -4.68. The molecule has 0 atom stereocenters. The quantitative estimate of drug-likeness (QED) is 0.318. The van der Waals surface area contributed by atoms with Crippen molar-refractivity contribution in [1.82, 2.24) is 0 Å². The molecule has 130 valence electrons. The van der Waals surface area contributed by atoms with Crippen molar-refractivity contribution in [2.45, 2.75) is 19.6 Å². The van der Waals surface area contributed by atoms with E-state index in [4.69, 9.17) is 21.4 Å². The summed E-state index contributed by atoms with van der Waals surface area (Å²) in [6.07, 6.45) is 0. The zero-order valence-electron chi connectivity index (χ0n) is 11.5. The molecule has 24 heavy (non-hydrogen) atoms. The fraction of sp³-hybridized carbons (Fsp3) is 0. The van der Waals surface area contributed by atoms with Crippen LogP contribution in [0.1, 0.15) is 0 Å². The number of halogens is 1. The lowest BCUT2D eigenvalue weighted by Crippen LogP contribution is -2.05. The molecular weight excluding hydrogens is 404 g/mol. The van der Waals surface area contributed by atoms with Gasteiger partial charge in [-0.25, -0.2) is 13.7 Å². The Labute approximate surface area is 146 Å². The molecule has 0 aromatic heterocycles. The molecule has 0 radical (unpaired) electrons. The molecule has 0 heterocycles. The highest BCUT2D eigenvalue weighted by Gasteiger charge is 2.23. The van der Waals surface area contributed by atoms with Crippen molar-refractivity contribution >= 4 is 43.6 Å². The van der Waals surface area contributed by atoms with Crippen LogP contribution in [-0.4, -0.2) is 26.6 Å². The number of hydrogen-bond donors (Lipinski definition) is 2. The van der Waals surface area contributed by atoms with Crippen LogP contribution in [0.3, 0.4) is 0 Å². The Balaban J connectivity index is 2.52. The third kappa shape index (κ3) is 4.26. The second-order valence-corrected chi connectivity index (χ2v) is 8.79. The Morgan fingerprint density at radius 1 is 1.00 bits per heavy atom. The van der Waals surface area contributed by atoms with Crippen molar-refractivity contribution in [3.8, 4) is 0 Å². The van der Waals surface area contributed by atoms with Crippen LogP contribution in [0.2, 0.25) is 5.02 Å². The van der Waals surface area contributed by atoms with E-state index >= 15 is 0 Å². The lowest BCUT2D eigenvalue weighted by atomic mass is 10.4. The van der Waals surface area contributed by atoms with Crippen LogP contribution >= 0.6 is 23.6 Å². The summed E-state index contributed by atoms with van der Waals surface area (Å²) in [7, 11) is -8.78. The Morgan fingerprint density at radius 2 is 1.67 bits per heavy atom. The summed E-state index contributed by atoms with van der Waals surface area (Å²) < 4.78 is 61.0. The van der Waals surface area contributed by atoms with Crippen LogP contribution in [0.4, 0.5) is 0 Å². The molecule has 2 aromatic carbocycles. The standard InChI is InChI=1S/C12H9ClO8S3/c13-11-5-4-10(7-12(11)24(17,18)19)23(15,16)9-3-1-2-8(6-9)22-21-20-14/h1-7,14H,(H,17,18,19). The van der Waals surface area contributed by atoms with E-state index in [1.54, 1.807) is 0 Å². The summed E-state index contributed by atoms with van der Waals surface area (Å²) in [5, 5.41) is 11.2. The number of rotatable bonds is 6. The smallest absolute Gasteiger partial charge is 0.282 e. The Bertz CT molecular complexity index is 956. The maximum atomic E-state index is 12.6. The van der Waals surface area contributed by atoms with Crippen molar-refractivity contribution < 1.29 is 36.0 Å². The summed E-state index contributed by atoms with van der Waals surface area (Å²) in [5.74, 6) is 0. The van der Waals surface area contributed by atoms with Gasteiger partial charge in [-0.3, -0.25) is 4.55 Å². The van der Waals surface area contributed by atoms with Crippen molar-refractivity contribution in [3.63, 3.8) is 0 Å². The fourth-order valence-corrected chi connectivity index (χ4v) is 4.63. The largest absolute Gasteiger partial charge is 0.296 e. The van der Waals surface area contributed by atoms with Gasteiger partial charge in [0.05, 0.1) is 26.9 Å². The van der Waals surface area contributed by atoms with E-state index in [9.17, 15) is 16.8 Å². The predicted molar refractivity (Wildman–Crippen MR) is 83.8 cm³/mol. The van der Waals surface area contributed by atoms with Crippen molar-refractivity contribution in [2.75, 3.05) is 0 Å². The molecule has 0 saturated heterocycles. The molecule has 0 aliphatic heterocycles. The fourth-order valence-electron chi connectivity index (χ4n) is 1.73. The highest BCUT2D eigenvalue weighted by Crippen LogP contribution is 2.30. The van der Waals surface area contributed by atoms with E-state index in [0.717, 1.165) is 18.2 Å². The molecule has 0 spiro atoms. The molecule has 2 aromatic rings. The van der Waals surface area contributed by atoms with Gasteiger partial charge in [-0.1, -0.05) is 22.7 Å². The number of hydrogen-bond acceptors (Lipinski definition) is 8. The van der Waals surface area contributed by atoms with Crippen molar-refractivity contribution in [3.05, 3.63) is 47.5 Å². The van der Waals surface area contributed by atoms with E-state index in [1.165, 1.54) is 24.3 Å². The number of benzene rings is 2. The van der Waals surface area contributed by atoms with E-state index in [0.29, 0.717) is 16.9 Å². The zero-order valence-corrected chi connectivity index (χ0v) is 14.7.